The van der Waals surface area contributed by atoms with Crippen molar-refractivity contribution in [3.05, 3.63) is 54.6 Å². The minimum atomic E-state index is -3.47. The lowest BCUT2D eigenvalue weighted by Gasteiger charge is -2.34. The van der Waals surface area contributed by atoms with Crippen LogP contribution in [-0.4, -0.2) is 62.5 Å². The van der Waals surface area contributed by atoms with E-state index in [2.05, 4.69) is 22.5 Å². The number of hydrogen-bond acceptors (Lipinski definition) is 7. The van der Waals surface area contributed by atoms with E-state index in [1.165, 1.54) is 6.26 Å². The summed E-state index contributed by atoms with van der Waals surface area (Å²) >= 11 is 0. The van der Waals surface area contributed by atoms with Gasteiger partial charge in [-0.25, -0.2) is 23.2 Å². The lowest BCUT2D eigenvalue weighted by atomic mass is 10.1. The van der Waals surface area contributed by atoms with Gasteiger partial charge in [-0.3, -0.25) is 0 Å². The molecule has 0 radical (unpaired) electrons. The molecule has 3 aromatic rings. The van der Waals surface area contributed by atoms with Gasteiger partial charge >= 0.3 is 6.03 Å². The largest absolute Gasteiger partial charge is 0.377 e. The maximum Gasteiger partial charge on any atom is 0.319 e. The van der Waals surface area contributed by atoms with Crippen LogP contribution in [0.15, 0.2) is 59.5 Å². The van der Waals surface area contributed by atoms with Crippen molar-refractivity contribution in [1.29, 1.82) is 0 Å². The van der Waals surface area contributed by atoms with Gasteiger partial charge in [0.1, 0.15) is 5.82 Å². The van der Waals surface area contributed by atoms with Gasteiger partial charge in [-0.1, -0.05) is 18.2 Å². The molecule has 36 heavy (non-hydrogen) atoms. The van der Waals surface area contributed by atoms with E-state index in [1.54, 1.807) is 36.4 Å². The average Bonchev–Trinajstić information content (AvgIpc) is 3.68. The van der Waals surface area contributed by atoms with Crippen LogP contribution in [0.5, 0.6) is 0 Å². The highest BCUT2D eigenvalue weighted by Crippen LogP contribution is 2.32. The summed E-state index contributed by atoms with van der Waals surface area (Å²) in [6, 6.07) is 16.2. The molecule has 2 N–H and O–H groups in total. The number of nitrogens with zero attached hydrogens (tertiary/aromatic N) is 3. The Morgan fingerprint density at radius 1 is 1.08 bits per heavy atom. The molecular formula is C26H29N5O4S. The van der Waals surface area contributed by atoms with E-state index in [0.29, 0.717) is 48.3 Å². The molecule has 2 heterocycles. The molecule has 1 atom stereocenters. The maximum absolute atomic E-state index is 12.5. The molecule has 0 unspecified atom stereocenters. The predicted molar refractivity (Wildman–Crippen MR) is 139 cm³/mol. The first-order valence-corrected chi connectivity index (χ1v) is 13.9. The van der Waals surface area contributed by atoms with Gasteiger partial charge in [-0.05, 0) is 50.1 Å². The van der Waals surface area contributed by atoms with E-state index in [1.807, 2.05) is 18.2 Å². The Hall–Kier alpha value is -3.50. The third-order valence-corrected chi connectivity index (χ3v) is 7.41. The Bertz CT molecular complexity index is 1370. The molecule has 2 aromatic carbocycles. The quantitative estimate of drug-likeness (QED) is 0.523. The van der Waals surface area contributed by atoms with Crippen LogP contribution in [0.4, 0.5) is 16.3 Å². The number of benzene rings is 2. The standard InChI is InChI=1S/C26H29N5O4S/c1-17-16-35-14-13-31(17)24-15-22(21-5-3-4-6-23(21)36(2,33)34)29-25(30-24)18-7-9-19(10-8-18)27-26(32)28-20-11-12-20/h3-10,15,17,20H,11-14,16H2,1-2H3,(H2,27,28,32)/t17-/m0/s1. The molecule has 1 saturated heterocycles. The van der Waals surface area contributed by atoms with Gasteiger partial charge in [0.05, 0.1) is 29.8 Å². The zero-order valence-electron chi connectivity index (χ0n) is 20.3. The monoisotopic (exact) mass is 507 g/mol. The summed E-state index contributed by atoms with van der Waals surface area (Å²) in [7, 11) is -3.47. The van der Waals surface area contributed by atoms with Gasteiger partial charge in [0, 0.05) is 41.7 Å². The molecule has 0 bridgehead atoms. The number of aromatic nitrogens is 2. The fraction of sp³-hybridized carbons (Fsp3) is 0.346. The minimum Gasteiger partial charge on any atom is -0.377 e. The number of ether oxygens (including phenoxy) is 1. The fourth-order valence-corrected chi connectivity index (χ4v) is 5.10. The van der Waals surface area contributed by atoms with Gasteiger partial charge in [0.2, 0.25) is 0 Å². The van der Waals surface area contributed by atoms with Gasteiger partial charge < -0.3 is 20.3 Å². The fourth-order valence-electron chi connectivity index (χ4n) is 4.20. The Morgan fingerprint density at radius 3 is 2.53 bits per heavy atom. The summed E-state index contributed by atoms with van der Waals surface area (Å²) in [5.74, 6) is 1.18. The zero-order valence-corrected chi connectivity index (χ0v) is 21.1. The van der Waals surface area contributed by atoms with Gasteiger partial charge in [0.15, 0.2) is 15.7 Å². The Balaban J connectivity index is 1.53. The number of rotatable bonds is 6. The van der Waals surface area contributed by atoms with Crippen molar-refractivity contribution in [3.8, 4) is 22.6 Å². The molecule has 0 spiro atoms. The lowest BCUT2D eigenvalue weighted by Crippen LogP contribution is -2.44. The summed E-state index contributed by atoms with van der Waals surface area (Å²) in [6.45, 7) is 3.90. The van der Waals surface area contributed by atoms with Crippen LogP contribution >= 0.6 is 0 Å². The first kappa shape index (κ1) is 24.2. The molecule has 10 heteroatoms. The van der Waals surface area contributed by atoms with E-state index in [9.17, 15) is 13.2 Å². The first-order chi connectivity index (χ1) is 17.3. The minimum absolute atomic E-state index is 0.107. The number of carbonyl (C=O) groups excluding carboxylic acids is 1. The molecule has 1 aromatic heterocycles. The summed E-state index contributed by atoms with van der Waals surface area (Å²) in [5.41, 5.74) is 2.48. The van der Waals surface area contributed by atoms with Crippen molar-refractivity contribution < 1.29 is 17.9 Å². The number of anilines is 2. The highest BCUT2D eigenvalue weighted by molar-refractivity contribution is 7.90. The van der Waals surface area contributed by atoms with E-state index in [4.69, 9.17) is 14.7 Å². The molecule has 2 fully saturated rings. The van der Waals surface area contributed by atoms with Crippen molar-refractivity contribution in [2.75, 3.05) is 36.2 Å². The van der Waals surface area contributed by atoms with Gasteiger partial charge in [-0.15, -0.1) is 0 Å². The van der Waals surface area contributed by atoms with Crippen LogP contribution in [0.2, 0.25) is 0 Å². The van der Waals surface area contributed by atoms with Crippen molar-refractivity contribution in [2.24, 2.45) is 0 Å². The van der Waals surface area contributed by atoms with Crippen molar-refractivity contribution in [2.45, 2.75) is 36.7 Å². The highest BCUT2D eigenvalue weighted by atomic mass is 32.2. The molecule has 5 rings (SSSR count). The Morgan fingerprint density at radius 2 is 1.83 bits per heavy atom. The van der Waals surface area contributed by atoms with Crippen LogP contribution in [-0.2, 0) is 14.6 Å². The lowest BCUT2D eigenvalue weighted by molar-refractivity contribution is 0.0985. The number of urea groups is 1. The normalized spacial score (nSPS) is 18.1. The number of amides is 2. The number of nitrogens with one attached hydrogen (secondary N) is 2. The second kappa shape index (κ2) is 9.87. The first-order valence-electron chi connectivity index (χ1n) is 12.0. The highest BCUT2D eigenvalue weighted by Gasteiger charge is 2.24. The molecule has 2 amide bonds. The van der Waals surface area contributed by atoms with Crippen LogP contribution in [0, 0.1) is 0 Å². The van der Waals surface area contributed by atoms with E-state index in [0.717, 1.165) is 18.4 Å². The molecule has 1 aliphatic heterocycles. The average molecular weight is 508 g/mol. The SMILES string of the molecule is C[C@H]1COCCN1c1cc(-c2ccccc2S(C)(=O)=O)nc(-c2ccc(NC(=O)NC3CC3)cc2)n1. The van der Waals surface area contributed by atoms with Gasteiger partial charge in [0.25, 0.3) is 0 Å². The van der Waals surface area contributed by atoms with Crippen molar-refractivity contribution in [1.82, 2.24) is 15.3 Å². The Labute approximate surface area is 210 Å². The molecular weight excluding hydrogens is 478 g/mol. The summed E-state index contributed by atoms with van der Waals surface area (Å²) in [4.78, 5) is 24.1. The second-order valence-electron chi connectivity index (χ2n) is 9.27. The number of carbonyl (C=O) groups is 1. The molecule has 2 aliphatic rings. The van der Waals surface area contributed by atoms with Crippen molar-refractivity contribution in [3.63, 3.8) is 0 Å². The van der Waals surface area contributed by atoms with Crippen LogP contribution < -0.4 is 15.5 Å². The topological polar surface area (TPSA) is 114 Å². The smallest absolute Gasteiger partial charge is 0.319 e. The molecule has 188 valence electrons. The molecule has 1 aliphatic carbocycles. The summed E-state index contributed by atoms with van der Waals surface area (Å²) in [6.07, 6.45) is 3.24. The summed E-state index contributed by atoms with van der Waals surface area (Å²) < 4.78 is 30.6. The van der Waals surface area contributed by atoms with Crippen LogP contribution in [0.25, 0.3) is 22.6 Å². The zero-order chi connectivity index (χ0) is 25.3. The van der Waals surface area contributed by atoms with Gasteiger partial charge in [-0.2, -0.15) is 0 Å². The number of hydrogen-bond donors (Lipinski definition) is 2. The van der Waals surface area contributed by atoms with Crippen LogP contribution in [0.3, 0.4) is 0 Å². The third kappa shape index (κ3) is 5.50. The second-order valence-corrected chi connectivity index (χ2v) is 11.3. The summed E-state index contributed by atoms with van der Waals surface area (Å²) in [5, 5.41) is 5.74. The van der Waals surface area contributed by atoms with E-state index in [-0.39, 0.29) is 23.0 Å². The van der Waals surface area contributed by atoms with E-state index < -0.39 is 9.84 Å². The van der Waals surface area contributed by atoms with E-state index >= 15 is 0 Å². The van der Waals surface area contributed by atoms with Crippen molar-refractivity contribution >= 4 is 27.4 Å². The number of sulfone groups is 1. The predicted octanol–water partition coefficient (Wildman–Crippen LogP) is 3.72. The number of morpholine rings is 1. The third-order valence-electron chi connectivity index (χ3n) is 6.25. The molecule has 1 saturated carbocycles. The maximum atomic E-state index is 12.5. The molecule has 9 nitrogen and oxygen atoms in total. The Kier molecular flexibility index (Phi) is 6.63. The van der Waals surface area contributed by atoms with Crippen LogP contribution in [0.1, 0.15) is 19.8 Å².